The number of fused-ring (bicyclic) bond motifs is 1. The van der Waals surface area contributed by atoms with Gasteiger partial charge in [-0.1, -0.05) is 18.2 Å². The lowest BCUT2D eigenvalue weighted by Gasteiger charge is -2.36. The van der Waals surface area contributed by atoms with Gasteiger partial charge in [0.2, 0.25) is 0 Å². The number of hydroxylamine groups is 3. The highest BCUT2D eigenvalue weighted by molar-refractivity contribution is 5.47. The Hall–Kier alpha value is -2.26. The maximum Gasteiger partial charge on any atom is 0.123 e. The second-order valence-corrected chi connectivity index (χ2v) is 6.17. The third-order valence-electron chi connectivity index (χ3n) is 4.46. The molecule has 3 rings (SSSR count). The summed E-state index contributed by atoms with van der Waals surface area (Å²) in [5, 5.41) is 22.0. The molecule has 1 atom stereocenters. The van der Waals surface area contributed by atoms with E-state index in [0.717, 1.165) is 5.56 Å². The van der Waals surface area contributed by atoms with Crippen molar-refractivity contribution in [1.29, 1.82) is 5.26 Å². The van der Waals surface area contributed by atoms with Crippen LogP contribution in [0.15, 0.2) is 42.5 Å². The van der Waals surface area contributed by atoms with Gasteiger partial charge in [0.1, 0.15) is 11.4 Å². The topological polar surface area (TPSA) is 56.1 Å². The van der Waals surface area contributed by atoms with Crippen LogP contribution in [0, 0.1) is 22.4 Å². The number of benzene rings is 2. The minimum atomic E-state index is -3.27. The normalized spacial score (nSPS) is 24.0. The largest absolute Gasteiger partial charge is 0.633 e. The van der Waals surface area contributed by atoms with Crippen LogP contribution in [0.2, 0.25) is 0 Å². The molecule has 1 aliphatic heterocycles. The summed E-state index contributed by atoms with van der Waals surface area (Å²) < 4.78 is 62.0. The van der Waals surface area contributed by atoms with E-state index in [2.05, 4.69) is 6.07 Å². The fourth-order valence-electron chi connectivity index (χ4n) is 3.32. The van der Waals surface area contributed by atoms with E-state index in [-0.39, 0.29) is 19.4 Å². The molecule has 2 aromatic carbocycles. The smallest absolute Gasteiger partial charge is 0.123 e. The van der Waals surface area contributed by atoms with E-state index in [0.29, 0.717) is 16.7 Å². The number of ether oxygens (including phenoxy) is 1. The van der Waals surface area contributed by atoms with Gasteiger partial charge in [-0.2, -0.15) is 5.26 Å². The standard InChI is InChI=1S/C20H21FN2O2/c1-23(2,24)11-3-10-20(17-5-7-18(21)8-6-17)19-9-4-15(13-22)12-16(19)14-25-20/h4-9,12H,3,10-11,14H2,1-2H3/t20-/m0/s1/i1D3,2D3. The summed E-state index contributed by atoms with van der Waals surface area (Å²) in [6.07, 6.45) is 0.0308. The molecule has 0 spiro atoms. The van der Waals surface area contributed by atoms with E-state index < -0.39 is 36.6 Å². The maximum atomic E-state index is 13.5. The molecule has 0 amide bonds. The summed E-state index contributed by atoms with van der Waals surface area (Å²) in [6.45, 7) is -7.06. The summed E-state index contributed by atoms with van der Waals surface area (Å²) in [7, 11) is 0. The zero-order valence-corrected chi connectivity index (χ0v) is 13.5. The van der Waals surface area contributed by atoms with Crippen molar-refractivity contribution in [1.82, 2.24) is 0 Å². The molecule has 2 aromatic rings. The lowest BCUT2D eigenvalue weighted by Crippen LogP contribution is -2.35. The highest BCUT2D eigenvalue weighted by Gasteiger charge is 2.41. The Morgan fingerprint density at radius 3 is 2.76 bits per heavy atom. The van der Waals surface area contributed by atoms with Crippen LogP contribution in [0.25, 0.3) is 0 Å². The zero-order chi connectivity index (χ0) is 23.1. The first kappa shape index (κ1) is 11.4. The van der Waals surface area contributed by atoms with Gasteiger partial charge in [0.05, 0.1) is 47.0 Å². The van der Waals surface area contributed by atoms with Crippen LogP contribution in [0.1, 0.15) is 43.3 Å². The molecule has 130 valence electrons. The lowest BCUT2D eigenvalue weighted by atomic mass is 9.81. The van der Waals surface area contributed by atoms with Crippen molar-refractivity contribution in [2.75, 3.05) is 20.5 Å². The molecule has 0 aliphatic carbocycles. The van der Waals surface area contributed by atoms with Gasteiger partial charge in [-0.25, -0.2) is 4.39 Å². The van der Waals surface area contributed by atoms with Crippen molar-refractivity contribution in [2.45, 2.75) is 25.0 Å². The summed E-state index contributed by atoms with van der Waals surface area (Å²) in [4.78, 5) is 0. The monoisotopic (exact) mass is 346 g/mol. The highest BCUT2D eigenvalue weighted by atomic mass is 19.1. The Bertz CT molecular complexity index is 987. The lowest BCUT2D eigenvalue weighted by molar-refractivity contribution is -0.840. The Kier molecular flexibility index (Phi) is 2.99. The van der Waals surface area contributed by atoms with Crippen molar-refractivity contribution in [3.63, 3.8) is 0 Å². The first-order valence-corrected chi connectivity index (χ1v) is 7.87. The molecule has 0 N–H and O–H groups in total. The predicted octanol–water partition coefficient (Wildman–Crippen LogP) is 3.83. The molecule has 1 heterocycles. The van der Waals surface area contributed by atoms with Crippen LogP contribution in [0.5, 0.6) is 0 Å². The van der Waals surface area contributed by atoms with Gasteiger partial charge in [-0.15, -0.1) is 0 Å². The average Bonchev–Trinajstić information content (AvgIpc) is 3.05. The van der Waals surface area contributed by atoms with Crippen LogP contribution < -0.4 is 0 Å². The highest BCUT2D eigenvalue weighted by Crippen LogP contribution is 2.45. The van der Waals surface area contributed by atoms with Crippen molar-refractivity contribution in [3.8, 4) is 6.07 Å². The van der Waals surface area contributed by atoms with Crippen LogP contribution in [0.4, 0.5) is 4.39 Å². The van der Waals surface area contributed by atoms with Gasteiger partial charge in [0, 0.05) is 6.42 Å². The van der Waals surface area contributed by atoms with Crippen LogP contribution >= 0.6 is 0 Å². The summed E-state index contributed by atoms with van der Waals surface area (Å²) in [6, 6.07) is 12.7. The van der Waals surface area contributed by atoms with Crippen molar-refractivity contribution in [3.05, 3.63) is 75.7 Å². The summed E-state index contributed by atoms with van der Waals surface area (Å²) in [5.41, 5.74) is 1.37. The molecule has 5 heteroatoms. The van der Waals surface area contributed by atoms with Crippen molar-refractivity contribution in [2.24, 2.45) is 0 Å². The third kappa shape index (κ3) is 3.57. The fourth-order valence-corrected chi connectivity index (χ4v) is 3.32. The number of hydrogen-bond donors (Lipinski definition) is 0. The molecule has 0 saturated carbocycles. The first-order chi connectivity index (χ1) is 14.3. The number of nitrogens with zero attached hydrogens (tertiary/aromatic N) is 2. The molecule has 0 radical (unpaired) electrons. The Balaban J connectivity index is 1.98. The van der Waals surface area contributed by atoms with E-state index in [1.807, 2.05) is 0 Å². The molecule has 25 heavy (non-hydrogen) atoms. The number of quaternary nitrogens is 1. The summed E-state index contributed by atoms with van der Waals surface area (Å²) in [5.74, 6) is -0.447. The fraction of sp³-hybridized carbons (Fsp3) is 0.350. The Labute approximate surface area is 155 Å². The van der Waals surface area contributed by atoms with Crippen LogP contribution in [-0.2, 0) is 16.9 Å². The Morgan fingerprint density at radius 2 is 2.08 bits per heavy atom. The van der Waals surface area contributed by atoms with E-state index in [4.69, 9.17) is 18.2 Å². The quantitative estimate of drug-likeness (QED) is 0.611. The molecular weight excluding hydrogens is 319 g/mol. The first-order valence-electron chi connectivity index (χ1n) is 10.9. The van der Waals surface area contributed by atoms with Gasteiger partial charge < -0.3 is 14.6 Å². The molecule has 0 saturated heterocycles. The second kappa shape index (κ2) is 6.57. The number of hydrogen-bond acceptors (Lipinski definition) is 3. The zero-order valence-electron chi connectivity index (χ0n) is 19.5. The van der Waals surface area contributed by atoms with E-state index >= 15 is 0 Å². The minimum Gasteiger partial charge on any atom is -0.633 e. The van der Waals surface area contributed by atoms with Crippen LogP contribution in [0.3, 0.4) is 0 Å². The molecule has 4 nitrogen and oxygen atoms in total. The molecule has 0 bridgehead atoms. The van der Waals surface area contributed by atoms with Gasteiger partial charge in [0.15, 0.2) is 0 Å². The SMILES string of the molecule is [2H]C([2H])([2H])[N+]([O-])(CCC[C@@]1(c2ccc(F)cc2)OCc2cc(C#N)ccc21)C([2H])([2H])[2H]. The summed E-state index contributed by atoms with van der Waals surface area (Å²) >= 11 is 0. The number of rotatable bonds is 5. The Morgan fingerprint density at radius 1 is 1.32 bits per heavy atom. The van der Waals surface area contributed by atoms with Gasteiger partial charge in [-0.3, -0.25) is 0 Å². The predicted molar refractivity (Wildman–Crippen MR) is 92.7 cm³/mol. The van der Waals surface area contributed by atoms with E-state index in [9.17, 15) is 9.60 Å². The molecule has 0 aromatic heterocycles. The molecular formula is C20H21FN2O2. The van der Waals surface area contributed by atoms with Crippen molar-refractivity contribution < 1.29 is 22.0 Å². The van der Waals surface area contributed by atoms with Gasteiger partial charge in [0.25, 0.3) is 0 Å². The number of nitriles is 1. The average molecular weight is 346 g/mol. The van der Waals surface area contributed by atoms with Crippen molar-refractivity contribution >= 4 is 0 Å². The molecule has 1 aliphatic rings. The second-order valence-electron chi connectivity index (χ2n) is 6.17. The minimum absolute atomic E-state index is 0.0723. The van der Waals surface area contributed by atoms with Gasteiger partial charge in [-0.05, 0) is 47.4 Å². The van der Waals surface area contributed by atoms with Crippen LogP contribution in [-0.4, -0.2) is 25.1 Å². The third-order valence-corrected chi connectivity index (χ3v) is 4.46. The molecule has 0 fully saturated rings. The molecule has 0 unspecified atom stereocenters. The maximum absolute atomic E-state index is 13.5. The van der Waals surface area contributed by atoms with Gasteiger partial charge >= 0.3 is 0 Å². The number of halogens is 1. The van der Waals surface area contributed by atoms with E-state index in [1.54, 1.807) is 18.2 Å². The van der Waals surface area contributed by atoms with E-state index in [1.165, 1.54) is 24.3 Å².